The van der Waals surface area contributed by atoms with Gasteiger partial charge in [0, 0.05) is 24.1 Å². The zero-order valence-electron chi connectivity index (χ0n) is 19.2. The molecule has 1 aliphatic heterocycles. The van der Waals surface area contributed by atoms with Crippen LogP contribution in [0.2, 0.25) is 0 Å². The number of nitrogens with zero attached hydrogens (tertiary/aromatic N) is 2. The summed E-state index contributed by atoms with van der Waals surface area (Å²) >= 11 is 0. The number of carbonyl (C=O) groups is 2. The minimum atomic E-state index is -4.44. The Balaban J connectivity index is 1.62. The number of carbonyl (C=O) groups excluding carboxylic acids is 2. The average Bonchev–Trinajstić information content (AvgIpc) is 3.40. The van der Waals surface area contributed by atoms with E-state index in [1.54, 1.807) is 41.9 Å². The second kappa shape index (κ2) is 9.91. The summed E-state index contributed by atoms with van der Waals surface area (Å²) in [6.07, 6.45) is -6.32. The molecule has 2 N–H and O–H groups in total. The third-order valence-electron chi connectivity index (χ3n) is 6.00. The van der Waals surface area contributed by atoms with E-state index in [-0.39, 0.29) is 25.0 Å². The Kier molecular flexibility index (Phi) is 6.93. The number of halogens is 3. The lowest BCUT2D eigenvalue weighted by Gasteiger charge is -2.16. The number of aromatic nitrogens is 2. The smallest absolute Gasteiger partial charge is 0.364 e. The monoisotopic (exact) mass is 486 g/mol. The summed E-state index contributed by atoms with van der Waals surface area (Å²) < 4.78 is 45.1. The third kappa shape index (κ3) is 5.54. The third-order valence-corrected chi connectivity index (χ3v) is 6.00. The van der Waals surface area contributed by atoms with E-state index in [1.807, 2.05) is 30.3 Å². The summed E-state index contributed by atoms with van der Waals surface area (Å²) in [6, 6.07) is 17.9. The van der Waals surface area contributed by atoms with Crippen LogP contribution >= 0.6 is 0 Å². The predicted octanol–water partition coefficient (Wildman–Crippen LogP) is 4.33. The van der Waals surface area contributed by atoms with Crippen molar-refractivity contribution >= 4 is 17.6 Å². The number of amides is 2. The molecule has 7 nitrogen and oxygen atoms in total. The van der Waals surface area contributed by atoms with Gasteiger partial charge in [-0.3, -0.25) is 9.59 Å². The van der Waals surface area contributed by atoms with Gasteiger partial charge in [0.05, 0.1) is 23.9 Å². The minimum Gasteiger partial charge on any atom is -0.364 e. The van der Waals surface area contributed by atoms with Crippen LogP contribution in [0.25, 0.3) is 16.9 Å². The van der Waals surface area contributed by atoms with Crippen LogP contribution in [0.4, 0.5) is 19.0 Å². The minimum absolute atomic E-state index is 0.167. The zero-order chi connectivity index (χ0) is 25.2. The Bertz CT molecular complexity index is 1210. The van der Waals surface area contributed by atoms with Gasteiger partial charge in [-0.25, -0.2) is 4.68 Å². The van der Waals surface area contributed by atoms with Crippen molar-refractivity contribution in [2.45, 2.75) is 32.7 Å². The van der Waals surface area contributed by atoms with Gasteiger partial charge >= 0.3 is 6.18 Å². The van der Waals surface area contributed by atoms with Crippen molar-refractivity contribution in [1.29, 1.82) is 0 Å². The van der Waals surface area contributed by atoms with Crippen LogP contribution < -0.4 is 10.6 Å². The van der Waals surface area contributed by atoms with Crippen LogP contribution in [0.3, 0.4) is 0 Å². The van der Waals surface area contributed by atoms with Gasteiger partial charge in [0.1, 0.15) is 0 Å². The molecule has 0 radical (unpaired) electrons. The van der Waals surface area contributed by atoms with Crippen LogP contribution in [0, 0.1) is 11.8 Å². The number of nitrogens with one attached hydrogen (secondary N) is 2. The molecular weight excluding hydrogens is 461 g/mol. The first kappa shape index (κ1) is 24.5. The normalized spacial score (nSPS) is 18.8. The van der Waals surface area contributed by atoms with E-state index in [4.69, 9.17) is 4.74 Å². The summed E-state index contributed by atoms with van der Waals surface area (Å²) in [7, 11) is 0. The second-order valence-corrected chi connectivity index (χ2v) is 8.49. The molecule has 1 aliphatic rings. The quantitative estimate of drug-likeness (QED) is 0.521. The van der Waals surface area contributed by atoms with Gasteiger partial charge < -0.3 is 15.4 Å². The van der Waals surface area contributed by atoms with Crippen molar-refractivity contribution in [3.8, 4) is 16.9 Å². The van der Waals surface area contributed by atoms with Crippen LogP contribution in [-0.4, -0.2) is 40.4 Å². The van der Waals surface area contributed by atoms with Crippen LogP contribution in [0.1, 0.15) is 19.4 Å². The lowest BCUT2D eigenvalue weighted by molar-refractivity contribution is -0.217. The highest BCUT2D eigenvalue weighted by Gasteiger charge is 2.37. The molecule has 4 rings (SSSR count). The highest BCUT2D eigenvalue weighted by atomic mass is 19.4. The molecule has 0 aliphatic carbocycles. The fraction of sp³-hybridized carbons (Fsp3) is 0.320. The van der Waals surface area contributed by atoms with Gasteiger partial charge in [0.2, 0.25) is 11.8 Å². The van der Waals surface area contributed by atoms with Gasteiger partial charge in [-0.15, -0.1) is 5.10 Å². The summed E-state index contributed by atoms with van der Waals surface area (Å²) in [5.74, 6) is -1.14. The number of benzene rings is 2. The van der Waals surface area contributed by atoms with Crippen molar-refractivity contribution in [3.63, 3.8) is 0 Å². The Labute approximate surface area is 200 Å². The predicted molar refractivity (Wildman–Crippen MR) is 124 cm³/mol. The number of alkyl halides is 3. The van der Waals surface area contributed by atoms with Crippen molar-refractivity contribution in [1.82, 2.24) is 15.1 Å². The first-order chi connectivity index (χ1) is 16.6. The lowest BCUT2D eigenvalue weighted by atomic mass is 9.97. The van der Waals surface area contributed by atoms with Crippen LogP contribution in [0.5, 0.6) is 0 Å². The van der Waals surface area contributed by atoms with E-state index in [0.29, 0.717) is 22.6 Å². The largest absolute Gasteiger partial charge is 0.414 e. The van der Waals surface area contributed by atoms with Crippen molar-refractivity contribution < 1.29 is 27.5 Å². The molecule has 184 valence electrons. The van der Waals surface area contributed by atoms with E-state index >= 15 is 0 Å². The zero-order valence-corrected chi connectivity index (χ0v) is 19.2. The molecular formula is C25H25F3N4O3. The molecule has 3 aromatic rings. The van der Waals surface area contributed by atoms with Gasteiger partial charge in [0.25, 0.3) is 0 Å². The van der Waals surface area contributed by atoms with Gasteiger partial charge in [-0.2, -0.15) is 13.2 Å². The number of para-hydroxylation sites is 1. The second-order valence-electron chi connectivity index (χ2n) is 8.49. The van der Waals surface area contributed by atoms with E-state index < -0.39 is 24.1 Å². The Morgan fingerprint density at radius 2 is 1.94 bits per heavy atom. The maximum Gasteiger partial charge on any atom is 0.414 e. The number of rotatable bonds is 7. The van der Waals surface area contributed by atoms with Gasteiger partial charge in [-0.05, 0) is 30.7 Å². The highest BCUT2D eigenvalue weighted by molar-refractivity contribution is 5.98. The molecule has 0 spiro atoms. The van der Waals surface area contributed by atoms with E-state index in [0.717, 1.165) is 12.6 Å². The van der Waals surface area contributed by atoms with Gasteiger partial charge in [0.15, 0.2) is 11.9 Å². The van der Waals surface area contributed by atoms with Crippen molar-refractivity contribution in [2.24, 2.45) is 11.8 Å². The Hall–Kier alpha value is -3.66. The average molecular weight is 486 g/mol. The molecule has 35 heavy (non-hydrogen) atoms. The van der Waals surface area contributed by atoms with Crippen LogP contribution in [0.15, 0.2) is 60.7 Å². The fourth-order valence-corrected chi connectivity index (χ4v) is 3.82. The molecule has 1 aromatic heterocycles. The van der Waals surface area contributed by atoms with Crippen molar-refractivity contribution in [3.05, 3.63) is 66.2 Å². The first-order valence-electron chi connectivity index (χ1n) is 11.1. The topological polar surface area (TPSA) is 85.3 Å². The highest BCUT2D eigenvalue weighted by Crippen LogP contribution is 2.29. The van der Waals surface area contributed by atoms with Gasteiger partial charge in [-0.1, -0.05) is 43.3 Å². The molecule has 0 bridgehead atoms. The Morgan fingerprint density at radius 1 is 1.20 bits per heavy atom. The summed E-state index contributed by atoms with van der Waals surface area (Å²) in [6.45, 7) is 2.72. The standard InChI is InChI=1S/C25H25F3N4O3/c1-15-20(13-29-23(15)33)24(34)30-22-12-21(32(31-22)19-9-4-3-5-10-19)18-8-6-7-17(11-18)14-35-16(2)25(26,27)28/h3-12,15-16,20H,13-14H2,1-2H3,(H,29,33)(H,30,31,34)/t15-,16+,20+/m0/s1. The number of hydrogen-bond acceptors (Lipinski definition) is 4. The van der Waals surface area contributed by atoms with Crippen LogP contribution in [-0.2, 0) is 20.9 Å². The summed E-state index contributed by atoms with van der Waals surface area (Å²) in [5, 5.41) is 10.0. The number of ether oxygens (including phenoxy) is 1. The SMILES string of the molecule is C[C@@H]1C(=O)NC[C@H]1C(=O)Nc1cc(-c2cccc(CO[C@H](C)C(F)(F)F)c2)n(-c2ccccc2)n1. The molecule has 2 amide bonds. The molecule has 1 fully saturated rings. The summed E-state index contributed by atoms with van der Waals surface area (Å²) in [4.78, 5) is 24.6. The van der Waals surface area contributed by atoms with E-state index in [2.05, 4.69) is 15.7 Å². The maximum atomic E-state index is 12.8. The number of hydrogen-bond donors (Lipinski definition) is 2. The maximum absolute atomic E-state index is 12.8. The van der Waals surface area contributed by atoms with Crippen molar-refractivity contribution in [2.75, 3.05) is 11.9 Å². The fourth-order valence-electron chi connectivity index (χ4n) is 3.82. The molecule has 0 saturated carbocycles. The molecule has 2 heterocycles. The Morgan fingerprint density at radius 3 is 2.60 bits per heavy atom. The molecule has 2 aromatic carbocycles. The van der Waals surface area contributed by atoms with E-state index in [9.17, 15) is 22.8 Å². The molecule has 10 heteroatoms. The number of anilines is 1. The lowest BCUT2D eigenvalue weighted by Crippen LogP contribution is -2.28. The molecule has 1 saturated heterocycles. The van der Waals surface area contributed by atoms with E-state index in [1.165, 1.54) is 0 Å². The molecule has 3 atom stereocenters. The first-order valence-corrected chi connectivity index (χ1v) is 11.1. The molecule has 0 unspecified atom stereocenters. The summed E-state index contributed by atoms with van der Waals surface area (Å²) in [5.41, 5.74) is 2.62.